The van der Waals surface area contributed by atoms with Gasteiger partial charge in [0.25, 0.3) is 0 Å². The van der Waals surface area contributed by atoms with Gasteiger partial charge in [-0.3, -0.25) is 4.79 Å². The molecule has 2 aromatic rings. The lowest BCUT2D eigenvalue weighted by Gasteiger charge is -2.12. The molecule has 0 saturated carbocycles. The summed E-state index contributed by atoms with van der Waals surface area (Å²) in [6.45, 7) is 6.26. The van der Waals surface area contributed by atoms with E-state index in [0.29, 0.717) is 0 Å². The molecule has 20 heavy (non-hydrogen) atoms. The van der Waals surface area contributed by atoms with E-state index >= 15 is 0 Å². The average Bonchev–Trinajstić information content (AvgIpc) is 2.79. The van der Waals surface area contributed by atoms with Crippen molar-refractivity contribution in [1.29, 1.82) is 0 Å². The second kappa shape index (κ2) is 5.93. The minimum absolute atomic E-state index is 0.0410. The molecule has 0 aliphatic carbocycles. The van der Waals surface area contributed by atoms with E-state index in [1.807, 2.05) is 24.3 Å². The Morgan fingerprint density at radius 3 is 2.45 bits per heavy atom. The van der Waals surface area contributed by atoms with Gasteiger partial charge in [-0.2, -0.15) is 4.37 Å². The highest BCUT2D eigenvalue weighted by atomic mass is 32.2. The first-order chi connectivity index (χ1) is 9.34. The molecular formula is C14H16N2O2S2. The first-order valence-corrected chi connectivity index (χ1v) is 7.76. The van der Waals surface area contributed by atoms with E-state index in [2.05, 4.69) is 30.1 Å². The van der Waals surface area contributed by atoms with Crippen molar-refractivity contribution in [3.8, 4) is 0 Å². The second-order valence-electron chi connectivity index (χ2n) is 5.45. The standard InChI is InChI=1S/C14H16N2O2S2/c1-14(2,3)12-15-13(20-16-12)19-10-6-4-9(5-7-10)8-11(17)18/h4-7H,8H2,1-3H3,(H,17,18). The summed E-state index contributed by atoms with van der Waals surface area (Å²) in [7, 11) is 0. The van der Waals surface area contributed by atoms with Crippen LogP contribution < -0.4 is 0 Å². The van der Waals surface area contributed by atoms with Crippen molar-refractivity contribution in [3.63, 3.8) is 0 Å². The summed E-state index contributed by atoms with van der Waals surface area (Å²) in [5.41, 5.74) is 0.759. The van der Waals surface area contributed by atoms with Gasteiger partial charge >= 0.3 is 5.97 Å². The summed E-state index contributed by atoms with van der Waals surface area (Å²) >= 11 is 2.94. The predicted octanol–water partition coefficient (Wildman–Crippen LogP) is 3.61. The first-order valence-electron chi connectivity index (χ1n) is 6.17. The van der Waals surface area contributed by atoms with Crippen molar-refractivity contribution < 1.29 is 9.90 Å². The van der Waals surface area contributed by atoms with Crippen LogP contribution in [0.15, 0.2) is 33.5 Å². The molecule has 0 fully saturated rings. The lowest BCUT2D eigenvalue weighted by atomic mass is 9.96. The maximum Gasteiger partial charge on any atom is 0.307 e. The molecule has 0 aliphatic heterocycles. The highest BCUT2D eigenvalue weighted by molar-refractivity contribution is 8.01. The molecule has 1 N–H and O–H groups in total. The minimum atomic E-state index is -0.815. The van der Waals surface area contributed by atoms with Crippen LogP contribution in [-0.2, 0) is 16.6 Å². The van der Waals surface area contributed by atoms with E-state index in [0.717, 1.165) is 20.6 Å². The van der Waals surface area contributed by atoms with Gasteiger partial charge in [0.2, 0.25) is 0 Å². The SMILES string of the molecule is CC(C)(C)c1nsc(Sc2ccc(CC(=O)O)cc2)n1. The molecule has 0 aliphatic rings. The third kappa shape index (κ3) is 4.05. The normalized spacial score (nSPS) is 11.6. The number of benzene rings is 1. The molecule has 0 unspecified atom stereocenters. The molecule has 2 rings (SSSR count). The highest BCUT2D eigenvalue weighted by Gasteiger charge is 2.19. The van der Waals surface area contributed by atoms with Crippen molar-refractivity contribution in [2.75, 3.05) is 0 Å². The third-order valence-electron chi connectivity index (χ3n) is 2.56. The van der Waals surface area contributed by atoms with E-state index in [9.17, 15) is 4.79 Å². The summed E-state index contributed by atoms with van der Waals surface area (Å²) in [6.07, 6.45) is 0.0535. The predicted molar refractivity (Wildman–Crippen MR) is 80.5 cm³/mol. The Balaban J connectivity index is 2.06. The summed E-state index contributed by atoms with van der Waals surface area (Å²) < 4.78 is 5.28. The number of carboxylic acid groups (broad SMARTS) is 1. The number of rotatable bonds is 4. The van der Waals surface area contributed by atoms with Crippen molar-refractivity contribution in [3.05, 3.63) is 35.7 Å². The van der Waals surface area contributed by atoms with Gasteiger partial charge in [0, 0.05) is 10.3 Å². The van der Waals surface area contributed by atoms with Crippen LogP contribution in [0.5, 0.6) is 0 Å². The summed E-state index contributed by atoms with van der Waals surface area (Å²) in [5.74, 6) is 0.0387. The number of aliphatic carboxylic acids is 1. The Morgan fingerprint density at radius 1 is 1.30 bits per heavy atom. The maximum absolute atomic E-state index is 10.6. The van der Waals surface area contributed by atoms with Crippen LogP contribution in [0.1, 0.15) is 32.2 Å². The number of nitrogens with zero attached hydrogens (tertiary/aromatic N) is 2. The largest absolute Gasteiger partial charge is 0.481 e. The zero-order chi connectivity index (χ0) is 14.8. The molecule has 1 aromatic carbocycles. The van der Waals surface area contributed by atoms with Gasteiger partial charge in [0.05, 0.1) is 6.42 Å². The number of carbonyl (C=O) groups is 1. The Hall–Kier alpha value is -1.40. The zero-order valence-corrected chi connectivity index (χ0v) is 13.2. The molecule has 0 amide bonds. The van der Waals surface area contributed by atoms with Crippen LogP contribution in [0.25, 0.3) is 0 Å². The van der Waals surface area contributed by atoms with Crippen molar-refractivity contribution in [2.24, 2.45) is 0 Å². The van der Waals surface area contributed by atoms with E-state index in [1.165, 1.54) is 11.5 Å². The molecule has 0 radical (unpaired) electrons. The Kier molecular flexibility index (Phi) is 4.45. The van der Waals surface area contributed by atoms with Gasteiger partial charge < -0.3 is 5.11 Å². The van der Waals surface area contributed by atoms with Crippen LogP contribution in [0, 0.1) is 0 Å². The molecule has 0 atom stereocenters. The van der Waals surface area contributed by atoms with E-state index in [1.54, 1.807) is 11.8 Å². The smallest absolute Gasteiger partial charge is 0.307 e. The molecule has 4 nitrogen and oxygen atoms in total. The van der Waals surface area contributed by atoms with Gasteiger partial charge in [-0.15, -0.1) is 0 Å². The zero-order valence-electron chi connectivity index (χ0n) is 11.6. The number of aromatic nitrogens is 2. The molecular weight excluding hydrogens is 292 g/mol. The monoisotopic (exact) mass is 308 g/mol. The molecule has 1 heterocycles. The lowest BCUT2D eigenvalue weighted by molar-refractivity contribution is -0.136. The minimum Gasteiger partial charge on any atom is -0.481 e. The Labute approximate surface area is 126 Å². The van der Waals surface area contributed by atoms with Crippen molar-refractivity contribution in [1.82, 2.24) is 9.36 Å². The van der Waals surface area contributed by atoms with E-state index in [-0.39, 0.29) is 11.8 Å². The van der Waals surface area contributed by atoms with Crippen LogP contribution in [-0.4, -0.2) is 20.4 Å². The fraction of sp³-hybridized carbons (Fsp3) is 0.357. The van der Waals surface area contributed by atoms with Crippen LogP contribution >= 0.6 is 23.3 Å². The highest BCUT2D eigenvalue weighted by Crippen LogP contribution is 2.31. The quantitative estimate of drug-likeness (QED) is 0.934. The van der Waals surface area contributed by atoms with Crippen LogP contribution in [0.2, 0.25) is 0 Å². The molecule has 0 spiro atoms. The van der Waals surface area contributed by atoms with Gasteiger partial charge in [0.1, 0.15) is 5.82 Å². The molecule has 106 valence electrons. The van der Waals surface area contributed by atoms with Gasteiger partial charge in [-0.05, 0) is 29.2 Å². The van der Waals surface area contributed by atoms with Gasteiger partial charge in [0.15, 0.2) is 4.34 Å². The first kappa shape index (κ1) is 15.0. The van der Waals surface area contributed by atoms with Crippen molar-refractivity contribution in [2.45, 2.75) is 41.8 Å². The van der Waals surface area contributed by atoms with Gasteiger partial charge in [-0.25, -0.2) is 4.98 Å². The number of hydrogen-bond donors (Lipinski definition) is 1. The summed E-state index contributed by atoms with van der Waals surface area (Å²) in [4.78, 5) is 16.2. The fourth-order valence-corrected chi connectivity index (χ4v) is 3.27. The Morgan fingerprint density at radius 2 is 1.95 bits per heavy atom. The molecule has 6 heteroatoms. The molecule has 0 bridgehead atoms. The molecule has 1 aromatic heterocycles. The van der Waals surface area contributed by atoms with Crippen LogP contribution in [0.4, 0.5) is 0 Å². The van der Waals surface area contributed by atoms with Crippen LogP contribution in [0.3, 0.4) is 0 Å². The Bertz CT molecular complexity index is 600. The topological polar surface area (TPSA) is 63.1 Å². The number of carboxylic acids is 1. The fourth-order valence-electron chi connectivity index (χ4n) is 1.51. The summed E-state index contributed by atoms with van der Waals surface area (Å²) in [6, 6.07) is 7.51. The van der Waals surface area contributed by atoms with E-state index in [4.69, 9.17) is 5.11 Å². The van der Waals surface area contributed by atoms with Crippen molar-refractivity contribution >= 4 is 29.3 Å². The third-order valence-corrected chi connectivity index (χ3v) is 4.32. The average molecular weight is 308 g/mol. The van der Waals surface area contributed by atoms with E-state index < -0.39 is 5.97 Å². The second-order valence-corrected chi connectivity index (χ2v) is 7.52. The van der Waals surface area contributed by atoms with Gasteiger partial charge in [-0.1, -0.05) is 44.7 Å². The summed E-state index contributed by atoms with van der Waals surface area (Å²) in [5, 5.41) is 8.73. The lowest BCUT2D eigenvalue weighted by Crippen LogP contribution is -2.12. The number of hydrogen-bond acceptors (Lipinski definition) is 5. The maximum atomic E-state index is 10.6. The molecule has 0 saturated heterocycles.